The smallest absolute Gasteiger partial charge is 0.00682 e. The Morgan fingerprint density at radius 3 is 2.53 bits per heavy atom. The minimum absolute atomic E-state index is 0.837. The zero-order valence-electron chi connectivity index (χ0n) is 10.8. The molecular formula is C13H28N2. The lowest BCUT2D eigenvalue weighted by Gasteiger charge is -2.17. The molecule has 1 aliphatic carbocycles. The molecule has 1 rings (SSSR count). The summed E-state index contributed by atoms with van der Waals surface area (Å²) in [6.45, 7) is 8.34. The summed E-state index contributed by atoms with van der Waals surface area (Å²) in [5.74, 6) is 0.837. The van der Waals surface area contributed by atoms with Crippen LogP contribution in [0.15, 0.2) is 0 Å². The number of nitrogens with zero attached hydrogens (tertiary/aromatic N) is 1. The highest BCUT2D eigenvalue weighted by Gasteiger charge is 2.19. The molecule has 1 fully saturated rings. The van der Waals surface area contributed by atoms with E-state index in [0.717, 1.165) is 12.0 Å². The van der Waals surface area contributed by atoms with Crippen LogP contribution >= 0.6 is 0 Å². The van der Waals surface area contributed by atoms with Gasteiger partial charge < -0.3 is 10.2 Å². The second kappa shape index (κ2) is 7.24. The average molecular weight is 212 g/mol. The zero-order chi connectivity index (χ0) is 11.1. The summed E-state index contributed by atoms with van der Waals surface area (Å²) in [6, 6.07) is 0.878. The van der Waals surface area contributed by atoms with Crippen molar-refractivity contribution in [2.75, 3.05) is 26.7 Å². The average Bonchev–Trinajstić information content (AvgIpc) is 2.98. The van der Waals surface area contributed by atoms with Crippen LogP contribution in [0.25, 0.3) is 0 Å². The third-order valence-corrected chi connectivity index (χ3v) is 3.07. The predicted molar refractivity (Wildman–Crippen MR) is 67.2 cm³/mol. The topological polar surface area (TPSA) is 15.3 Å². The first-order valence-electron chi connectivity index (χ1n) is 6.60. The molecule has 0 aromatic rings. The highest BCUT2D eigenvalue weighted by Crippen LogP contribution is 2.18. The predicted octanol–water partition coefficient (Wildman–Crippen LogP) is 2.50. The van der Waals surface area contributed by atoms with Crippen LogP contribution in [0.5, 0.6) is 0 Å². The SMILES string of the molecule is CC(C)CCN(C)CCCCNC1CC1. The van der Waals surface area contributed by atoms with E-state index in [9.17, 15) is 0 Å². The van der Waals surface area contributed by atoms with Crippen LogP contribution in [0.2, 0.25) is 0 Å². The fourth-order valence-corrected chi connectivity index (χ4v) is 1.69. The van der Waals surface area contributed by atoms with Crippen molar-refractivity contribution < 1.29 is 0 Å². The molecule has 0 atom stereocenters. The third kappa shape index (κ3) is 7.80. The van der Waals surface area contributed by atoms with Gasteiger partial charge in [0.05, 0.1) is 0 Å². The van der Waals surface area contributed by atoms with E-state index in [-0.39, 0.29) is 0 Å². The molecule has 0 aromatic heterocycles. The van der Waals surface area contributed by atoms with Gasteiger partial charge in [-0.05, 0) is 64.7 Å². The number of rotatable bonds is 9. The molecule has 0 radical (unpaired) electrons. The fraction of sp³-hybridized carbons (Fsp3) is 1.00. The summed E-state index contributed by atoms with van der Waals surface area (Å²) in [4.78, 5) is 2.47. The maximum absolute atomic E-state index is 3.56. The number of hydrogen-bond acceptors (Lipinski definition) is 2. The maximum atomic E-state index is 3.56. The molecule has 0 aromatic carbocycles. The summed E-state index contributed by atoms with van der Waals surface area (Å²) in [5, 5.41) is 3.56. The molecule has 0 spiro atoms. The van der Waals surface area contributed by atoms with Crippen LogP contribution in [0, 0.1) is 5.92 Å². The van der Waals surface area contributed by atoms with E-state index in [4.69, 9.17) is 0 Å². The van der Waals surface area contributed by atoms with Crippen molar-refractivity contribution in [2.24, 2.45) is 5.92 Å². The highest BCUT2D eigenvalue weighted by atomic mass is 15.1. The molecule has 1 saturated carbocycles. The molecule has 0 saturated heterocycles. The Bertz CT molecular complexity index is 153. The molecule has 90 valence electrons. The Hall–Kier alpha value is -0.0800. The van der Waals surface area contributed by atoms with Gasteiger partial charge in [-0.1, -0.05) is 13.8 Å². The quantitative estimate of drug-likeness (QED) is 0.591. The Kier molecular flexibility index (Phi) is 6.26. The van der Waals surface area contributed by atoms with Crippen molar-refractivity contribution >= 4 is 0 Å². The van der Waals surface area contributed by atoms with E-state index in [1.54, 1.807) is 0 Å². The van der Waals surface area contributed by atoms with Gasteiger partial charge in [0.2, 0.25) is 0 Å². The standard InChI is InChI=1S/C13H28N2/c1-12(2)8-11-15(3)10-5-4-9-14-13-6-7-13/h12-14H,4-11H2,1-3H3. The van der Waals surface area contributed by atoms with Gasteiger partial charge in [-0.25, -0.2) is 0 Å². The Labute approximate surface area is 95.4 Å². The Balaban J connectivity index is 1.80. The number of hydrogen-bond donors (Lipinski definition) is 1. The van der Waals surface area contributed by atoms with Gasteiger partial charge in [-0.2, -0.15) is 0 Å². The fourth-order valence-electron chi connectivity index (χ4n) is 1.69. The number of unbranched alkanes of at least 4 members (excludes halogenated alkanes) is 1. The minimum atomic E-state index is 0.837. The first-order valence-corrected chi connectivity index (χ1v) is 6.60. The van der Waals surface area contributed by atoms with E-state index >= 15 is 0 Å². The first-order chi connectivity index (χ1) is 7.18. The minimum Gasteiger partial charge on any atom is -0.314 e. The van der Waals surface area contributed by atoms with Gasteiger partial charge in [-0.15, -0.1) is 0 Å². The van der Waals surface area contributed by atoms with E-state index in [2.05, 4.69) is 31.1 Å². The lowest BCUT2D eigenvalue weighted by Crippen LogP contribution is -2.23. The van der Waals surface area contributed by atoms with Crippen LogP contribution in [0.4, 0.5) is 0 Å². The summed E-state index contributed by atoms with van der Waals surface area (Å²) < 4.78 is 0. The van der Waals surface area contributed by atoms with Crippen LogP contribution in [-0.4, -0.2) is 37.6 Å². The van der Waals surface area contributed by atoms with Gasteiger partial charge in [0.15, 0.2) is 0 Å². The van der Waals surface area contributed by atoms with Gasteiger partial charge in [0, 0.05) is 6.04 Å². The Morgan fingerprint density at radius 2 is 1.93 bits per heavy atom. The summed E-state index contributed by atoms with van der Waals surface area (Å²) >= 11 is 0. The zero-order valence-corrected chi connectivity index (χ0v) is 10.8. The van der Waals surface area contributed by atoms with Gasteiger partial charge >= 0.3 is 0 Å². The molecule has 1 aliphatic rings. The summed E-state index contributed by atoms with van der Waals surface area (Å²) in [7, 11) is 2.25. The second-order valence-electron chi connectivity index (χ2n) is 5.42. The van der Waals surface area contributed by atoms with Crippen molar-refractivity contribution in [3.05, 3.63) is 0 Å². The molecule has 0 bridgehead atoms. The number of nitrogens with one attached hydrogen (secondary N) is 1. The van der Waals surface area contributed by atoms with Crippen LogP contribution in [0.1, 0.15) is 46.0 Å². The van der Waals surface area contributed by atoms with Crippen molar-refractivity contribution in [3.8, 4) is 0 Å². The van der Waals surface area contributed by atoms with E-state index in [1.165, 1.54) is 51.7 Å². The largest absolute Gasteiger partial charge is 0.314 e. The molecule has 0 unspecified atom stereocenters. The maximum Gasteiger partial charge on any atom is 0.00682 e. The lowest BCUT2D eigenvalue weighted by molar-refractivity contribution is 0.303. The second-order valence-corrected chi connectivity index (χ2v) is 5.42. The molecule has 0 amide bonds. The van der Waals surface area contributed by atoms with Gasteiger partial charge in [-0.3, -0.25) is 0 Å². The lowest BCUT2D eigenvalue weighted by atomic mass is 10.1. The molecule has 1 N–H and O–H groups in total. The van der Waals surface area contributed by atoms with E-state index < -0.39 is 0 Å². The molecule has 0 aliphatic heterocycles. The molecule has 2 nitrogen and oxygen atoms in total. The van der Waals surface area contributed by atoms with Crippen molar-refractivity contribution in [1.82, 2.24) is 10.2 Å². The van der Waals surface area contributed by atoms with Crippen LogP contribution < -0.4 is 5.32 Å². The summed E-state index contributed by atoms with van der Waals surface area (Å²) in [5.41, 5.74) is 0. The van der Waals surface area contributed by atoms with Crippen molar-refractivity contribution in [2.45, 2.75) is 52.0 Å². The van der Waals surface area contributed by atoms with Crippen molar-refractivity contribution in [1.29, 1.82) is 0 Å². The first kappa shape index (κ1) is 13.0. The van der Waals surface area contributed by atoms with Crippen LogP contribution in [-0.2, 0) is 0 Å². The third-order valence-electron chi connectivity index (χ3n) is 3.07. The normalized spacial score (nSPS) is 16.6. The molecule has 15 heavy (non-hydrogen) atoms. The van der Waals surface area contributed by atoms with E-state index in [1.807, 2.05) is 0 Å². The Morgan fingerprint density at radius 1 is 1.20 bits per heavy atom. The summed E-state index contributed by atoms with van der Waals surface area (Å²) in [6.07, 6.45) is 6.83. The van der Waals surface area contributed by atoms with Gasteiger partial charge in [0.25, 0.3) is 0 Å². The van der Waals surface area contributed by atoms with Crippen LogP contribution in [0.3, 0.4) is 0 Å². The highest BCUT2D eigenvalue weighted by molar-refractivity contribution is 4.80. The monoisotopic (exact) mass is 212 g/mol. The molecule has 0 heterocycles. The van der Waals surface area contributed by atoms with E-state index in [0.29, 0.717) is 0 Å². The van der Waals surface area contributed by atoms with Crippen molar-refractivity contribution in [3.63, 3.8) is 0 Å². The van der Waals surface area contributed by atoms with Gasteiger partial charge in [0.1, 0.15) is 0 Å². The molecular weight excluding hydrogens is 184 g/mol. The molecule has 2 heteroatoms.